The maximum atomic E-state index is 11.6. The van der Waals surface area contributed by atoms with Crippen LogP contribution in [0.1, 0.15) is 65.7 Å². The minimum Gasteiger partial charge on any atom is -0.463 e. The molecule has 20 heavy (non-hydrogen) atoms. The Bertz CT molecular complexity index is 265. The van der Waals surface area contributed by atoms with E-state index in [0.29, 0.717) is 25.6 Å². The van der Waals surface area contributed by atoms with Gasteiger partial charge in [-0.3, -0.25) is 4.79 Å². The smallest absolute Gasteiger partial charge is 0.305 e. The maximum absolute atomic E-state index is 11.6. The monoisotopic (exact) mass is 286 g/mol. The number of unbranched alkanes of at least 4 members (excludes halogenated alkanes) is 4. The van der Waals surface area contributed by atoms with Gasteiger partial charge in [0.25, 0.3) is 0 Å². The fraction of sp³-hybridized carbons (Fsp3) is 0.938. The van der Waals surface area contributed by atoms with Gasteiger partial charge in [0.2, 0.25) is 0 Å². The van der Waals surface area contributed by atoms with E-state index in [4.69, 9.17) is 14.2 Å². The average molecular weight is 286 g/mol. The van der Waals surface area contributed by atoms with Gasteiger partial charge in [0.05, 0.1) is 6.61 Å². The Kier molecular flexibility index (Phi) is 8.86. The molecule has 1 aliphatic heterocycles. The number of hydrogen-bond acceptors (Lipinski definition) is 4. The predicted octanol–water partition coefficient (Wildman–Crippen LogP) is 3.68. The van der Waals surface area contributed by atoms with Gasteiger partial charge in [-0.1, -0.05) is 46.5 Å². The lowest BCUT2D eigenvalue weighted by molar-refractivity contribution is -0.148. The molecule has 0 aromatic carbocycles. The zero-order valence-corrected chi connectivity index (χ0v) is 13.2. The van der Waals surface area contributed by atoms with Crippen LogP contribution in [0, 0.1) is 5.92 Å². The van der Waals surface area contributed by atoms with Gasteiger partial charge < -0.3 is 14.2 Å². The number of hydrogen-bond donors (Lipinski definition) is 0. The molecule has 0 aromatic heterocycles. The van der Waals surface area contributed by atoms with Crippen LogP contribution in [0.4, 0.5) is 0 Å². The summed E-state index contributed by atoms with van der Waals surface area (Å²) in [4.78, 5) is 11.6. The number of carbonyl (C=O) groups excluding carboxylic acids is 1. The lowest BCUT2D eigenvalue weighted by Gasteiger charge is -2.13. The summed E-state index contributed by atoms with van der Waals surface area (Å²) in [6.07, 6.45) is 6.91. The summed E-state index contributed by atoms with van der Waals surface area (Å²) >= 11 is 0. The second-order valence-corrected chi connectivity index (χ2v) is 6.00. The molecule has 4 heteroatoms. The lowest BCUT2D eigenvalue weighted by Crippen LogP contribution is -2.21. The van der Waals surface area contributed by atoms with Crippen molar-refractivity contribution in [1.82, 2.24) is 0 Å². The van der Waals surface area contributed by atoms with E-state index < -0.39 is 0 Å². The van der Waals surface area contributed by atoms with Gasteiger partial charge >= 0.3 is 5.97 Å². The zero-order valence-electron chi connectivity index (χ0n) is 13.2. The van der Waals surface area contributed by atoms with Crippen LogP contribution in [0.5, 0.6) is 0 Å². The van der Waals surface area contributed by atoms with Crippen LogP contribution in [-0.2, 0) is 19.0 Å². The first-order chi connectivity index (χ1) is 9.61. The summed E-state index contributed by atoms with van der Waals surface area (Å²) in [7, 11) is 0. The van der Waals surface area contributed by atoms with Gasteiger partial charge in [0, 0.05) is 12.8 Å². The molecule has 0 aliphatic carbocycles. The van der Waals surface area contributed by atoms with Crippen molar-refractivity contribution in [3.63, 3.8) is 0 Å². The van der Waals surface area contributed by atoms with Crippen LogP contribution in [-0.4, -0.2) is 31.6 Å². The summed E-state index contributed by atoms with van der Waals surface area (Å²) in [6.45, 7) is 7.31. The molecule has 1 fully saturated rings. The van der Waals surface area contributed by atoms with Crippen LogP contribution in [0.3, 0.4) is 0 Å². The third-order valence-corrected chi connectivity index (χ3v) is 3.39. The molecule has 0 spiro atoms. The van der Waals surface area contributed by atoms with Crippen LogP contribution in [0.2, 0.25) is 0 Å². The first kappa shape index (κ1) is 17.4. The van der Waals surface area contributed by atoms with Gasteiger partial charge in [0.15, 0.2) is 6.29 Å². The fourth-order valence-electron chi connectivity index (χ4n) is 2.23. The molecule has 0 saturated carbocycles. The SMILES string of the molecule is CCCCCCCC(=O)OCC1COC(CC(C)C)O1. The molecule has 1 aliphatic rings. The van der Waals surface area contributed by atoms with Crippen molar-refractivity contribution in [2.75, 3.05) is 13.2 Å². The van der Waals surface area contributed by atoms with E-state index in [1.165, 1.54) is 19.3 Å². The minimum atomic E-state index is -0.132. The van der Waals surface area contributed by atoms with Crippen molar-refractivity contribution in [2.45, 2.75) is 78.1 Å². The first-order valence-electron chi connectivity index (χ1n) is 8.04. The van der Waals surface area contributed by atoms with Gasteiger partial charge in [-0.05, 0) is 12.3 Å². The van der Waals surface area contributed by atoms with Crippen molar-refractivity contribution >= 4 is 5.97 Å². The normalized spacial score (nSPS) is 22.4. The molecule has 0 aromatic rings. The highest BCUT2D eigenvalue weighted by Crippen LogP contribution is 2.18. The van der Waals surface area contributed by atoms with Crippen molar-refractivity contribution in [1.29, 1.82) is 0 Å². The van der Waals surface area contributed by atoms with Crippen LogP contribution < -0.4 is 0 Å². The highest BCUT2D eigenvalue weighted by Gasteiger charge is 2.27. The molecular weight excluding hydrogens is 256 g/mol. The summed E-state index contributed by atoms with van der Waals surface area (Å²) in [5.74, 6) is 0.432. The number of esters is 1. The minimum absolute atomic E-state index is 0.0946. The van der Waals surface area contributed by atoms with Crippen LogP contribution in [0.25, 0.3) is 0 Å². The first-order valence-corrected chi connectivity index (χ1v) is 8.04. The Labute approximate surface area is 123 Å². The standard InChI is InChI=1S/C16H30O4/c1-4-5-6-7-8-9-15(17)18-11-14-12-19-16(20-14)10-13(2)3/h13-14,16H,4-12H2,1-3H3. The molecule has 118 valence electrons. The topological polar surface area (TPSA) is 44.8 Å². The van der Waals surface area contributed by atoms with E-state index in [2.05, 4.69) is 20.8 Å². The van der Waals surface area contributed by atoms with Gasteiger partial charge in [-0.2, -0.15) is 0 Å². The predicted molar refractivity (Wildman–Crippen MR) is 78.4 cm³/mol. The largest absolute Gasteiger partial charge is 0.463 e. The van der Waals surface area contributed by atoms with Gasteiger partial charge in [0.1, 0.15) is 12.7 Å². The molecule has 1 rings (SSSR count). The molecule has 0 N–H and O–H groups in total. The quantitative estimate of drug-likeness (QED) is 0.454. The van der Waals surface area contributed by atoms with Crippen molar-refractivity contribution in [2.24, 2.45) is 5.92 Å². The number of carbonyl (C=O) groups is 1. The molecule has 0 radical (unpaired) electrons. The second-order valence-electron chi connectivity index (χ2n) is 6.00. The highest BCUT2D eigenvalue weighted by atomic mass is 16.7. The molecule has 4 nitrogen and oxygen atoms in total. The van der Waals surface area contributed by atoms with Gasteiger partial charge in [-0.15, -0.1) is 0 Å². The van der Waals surface area contributed by atoms with E-state index >= 15 is 0 Å². The van der Waals surface area contributed by atoms with Crippen LogP contribution in [0.15, 0.2) is 0 Å². The second kappa shape index (κ2) is 10.2. The lowest BCUT2D eigenvalue weighted by atomic mass is 10.1. The summed E-state index contributed by atoms with van der Waals surface area (Å²) in [5, 5.41) is 0. The van der Waals surface area contributed by atoms with Crippen molar-refractivity contribution in [3.8, 4) is 0 Å². The Morgan fingerprint density at radius 2 is 2.00 bits per heavy atom. The molecule has 2 atom stereocenters. The average Bonchev–Trinajstić information content (AvgIpc) is 2.83. The Morgan fingerprint density at radius 3 is 2.70 bits per heavy atom. The summed E-state index contributed by atoms with van der Waals surface area (Å²) in [5.41, 5.74) is 0. The van der Waals surface area contributed by atoms with E-state index in [-0.39, 0.29) is 18.4 Å². The third-order valence-electron chi connectivity index (χ3n) is 3.39. The van der Waals surface area contributed by atoms with Crippen molar-refractivity contribution in [3.05, 3.63) is 0 Å². The van der Waals surface area contributed by atoms with E-state index in [1.54, 1.807) is 0 Å². The van der Waals surface area contributed by atoms with E-state index in [1.807, 2.05) is 0 Å². The molecule has 1 saturated heterocycles. The van der Waals surface area contributed by atoms with Gasteiger partial charge in [-0.25, -0.2) is 0 Å². The summed E-state index contributed by atoms with van der Waals surface area (Å²) < 4.78 is 16.4. The Balaban J connectivity index is 2.01. The Morgan fingerprint density at radius 1 is 1.25 bits per heavy atom. The Hall–Kier alpha value is -0.610. The van der Waals surface area contributed by atoms with E-state index in [0.717, 1.165) is 19.3 Å². The van der Waals surface area contributed by atoms with E-state index in [9.17, 15) is 4.79 Å². The zero-order chi connectivity index (χ0) is 14.8. The molecule has 0 amide bonds. The molecular formula is C16H30O4. The number of ether oxygens (including phenoxy) is 3. The van der Waals surface area contributed by atoms with Crippen molar-refractivity contribution < 1.29 is 19.0 Å². The summed E-state index contributed by atoms with van der Waals surface area (Å²) in [6, 6.07) is 0. The third kappa shape index (κ3) is 7.85. The molecule has 2 unspecified atom stereocenters. The fourth-order valence-corrected chi connectivity index (χ4v) is 2.23. The maximum Gasteiger partial charge on any atom is 0.305 e. The number of rotatable bonds is 10. The molecule has 0 bridgehead atoms. The molecule has 1 heterocycles. The van der Waals surface area contributed by atoms with Crippen LogP contribution >= 0.6 is 0 Å². The highest BCUT2D eigenvalue weighted by molar-refractivity contribution is 5.69.